The number of carbonyl (C=O) groups excluding carboxylic acids is 1. The summed E-state index contributed by atoms with van der Waals surface area (Å²) in [5.41, 5.74) is 1.27. The number of hydrogen-bond donors (Lipinski definition) is 1. The first-order valence-electron chi connectivity index (χ1n) is 5.73. The van der Waals surface area contributed by atoms with Gasteiger partial charge in [0.15, 0.2) is 0 Å². The normalized spacial score (nSPS) is 10.4. The highest BCUT2D eigenvalue weighted by Crippen LogP contribution is 2.28. The van der Waals surface area contributed by atoms with E-state index in [1.165, 1.54) is 7.11 Å². The van der Waals surface area contributed by atoms with E-state index in [1.807, 2.05) is 12.3 Å². The fourth-order valence-electron chi connectivity index (χ4n) is 1.63. The molecule has 2 aromatic rings. The molecule has 4 nitrogen and oxygen atoms in total. The number of ether oxygens (including phenoxy) is 1. The average Bonchev–Trinajstić information content (AvgIpc) is 2.84. The van der Waals surface area contributed by atoms with Crippen molar-refractivity contribution in [1.29, 1.82) is 0 Å². The topological polar surface area (TPSA) is 51.2 Å². The number of methoxy groups -OCH3 is 1. The van der Waals surface area contributed by atoms with E-state index in [-0.39, 0.29) is 5.91 Å². The highest BCUT2D eigenvalue weighted by molar-refractivity contribution is 14.1. The summed E-state index contributed by atoms with van der Waals surface area (Å²) in [7, 11) is 1.53. The first kappa shape index (κ1) is 15.5. The second-order valence-electron chi connectivity index (χ2n) is 4.01. The van der Waals surface area contributed by atoms with Crippen molar-refractivity contribution in [2.45, 2.75) is 13.5 Å². The molecule has 0 saturated carbocycles. The third-order valence-electron chi connectivity index (χ3n) is 2.58. The first-order chi connectivity index (χ1) is 9.51. The van der Waals surface area contributed by atoms with Crippen LogP contribution in [-0.2, 0) is 6.54 Å². The Labute approximate surface area is 139 Å². The SMILES string of the molecule is COc1cc(I)c(Cl)cc1C(=O)NCc1csc(C)n1. The fraction of sp³-hybridized carbons (Fsp3) is 0.231. The van der Waals surface area contributed by atoms with E-state index in [2.05, 4.69) is 32.9 Å². The molecule has 1 N–H and O–H groups in total. The molecule has 106 valence electrons. The molecule has 1 aromatic carbocycles. The molecule has 7 heteroatoms. The zero-order valence-corrected chi connectivity index (χ0v) is 14.6. The molecular formula is C13H12ClIN2O2S. The smallest absolute Gasteiger partial charge is 0.255 e. The maximum Gasteiger partial charge on any atom is 0.255 e. The van der Waals surface area contributed by atoms with Gasteiger partial charge in [0.2, 0.25) is 0 Å². The van der Waals surface area contributed by atoms with Gasteiger partial charge in [-0.2, -0.15) is 0 Å². The van der Waals surface area contributed by atoms with Gasteiger partial charge in [-0.3, -0.25) is 4.79 Å². The number of amides is 1. The Kier molecular flexibility index (Phi) is 5.22. The Morgan fingerprint density at radius 2 is 2.30 bits per heavy atom. The molecule has 1 heterocycles. The maximum absolute atomic E-state index is 12.2. The molecular weight excluding hydrogens is 411 g/mol. The Morgan fingerprint density at radius 1 is 1.55 bits per heavy atom. The number of nitrogens with one attached hydrogen (secondary N) is 1. The van der Waals surface area contributed by atoms with Gasteiger partial charge in [-0.15, -0.1) is 11.3 Å². The molecule has 0 fully saturated rings. The average molecular weight is 423 g/mol. The molecule has 0 aliphatic carbocycles. The predicted molar refractivity (Wildman–Crippen MR) is 88.7 cm³/mol. The Bertz CT molecular complexity index is 645. The van der Waals surface area contributed by atoms with Crippen molar-refractivity contribution in [2.24, 2.45) is 0 Å². The molecule has 0 aliphatic heterocycles. The van der Waals surface area contributed by atoms with Crippen LogP contribution >= 0.6 is 45.5 Å². The van der Waals surface area contributed by atoms with E-state index in [4.69, 9.17) is 16.3 Å². The summed E-state index contributed by atoms with van der Waals surface area (Å²) in [5, 5.41) is 6.24. The fourth-order valence-corrected chi connectivity index (χ4v) is 2.85. The van der Waals surface area contributed by atoms with Crippen molar-refractivity contribution in [3.05, 3.63) is 42.4 Å². The molecule has 0 atom stereocenters. The molecule has 1 amide bonds. The lowest BCUT2D eigenvalue weighted by molar-refractivity contribution is 0.0947. The van der Waals surface area contributed by atoms with Crippen molar-refractivity contribution >= 4 is 51.4 Å². The number of benzene rings is 1. The van der Waals surface area contributed by atoms with Crippen LogP contribution < -0.4 is 10.1 Å². The molecule has 0 spiro atoms. The van der Waals surface area contributed by atoms with Crippen LogP contribution in [0.5, 0.6) is 5.75 Å². The Balaban J connectivity index is 2.14. The number of hydrogen-bond acceptors (Lipinski definition) is 4. The lowest BCUT2D eigenvalue weighted by Crippen LogP contribution is -2.23. The summed E-state index contributed by atoms with van der Waals surface area (Å²) >= 11 is 9.70. The van der Waals surface area contributed by atoms with Gasteiger partial charge >= 0.3 is 0 Å². The first-order valence-corrected chi connectivity index (χ1v) is 8.07. The van der Waals surface area contributed by atoms with Crippen LogP contribution in [0.2, 0.25) is 5.02 Å². The van der Waals surface area contributed by atoms with Gasteiger partial charge < -0.3 is 10.1 Å². The minimum absolute atomic E-state index is 0.231. The predicted octanol–water partition coefficient (Wildman–Crippen LogP) is 3.65. The van der Waals surface area contributed by atoms with Gasteiger partial charge in [-0.05, 0) is 41.6 Å². The summed E-state index contributed by atoms with van der Waals surface area (Å²) < 4.78 is 6.06. The summed E-state index contributed by atoms with van der Waals surface area (Å²) in [6, 6.07) is 3.36. The standard InChI is InChI=1S/C13H12ClIN2O2S/c1-7-17-8(6-20-7)5-16-13(18)9-3-10(14)11(15)4-12(9)19-2/h3-4,6H,5H2,1-2H3,(H,16,18). The number of rotatable bonds is 4. The number of nitrogens with zero attached hydrogens (tertiary/aromatic N) is 1. The van der Waals surface area contributed by atoms with Crippen LogP contribution in [0.4, 0.5) is 0 Å². The van der Waals surface area contributed by atoms with Crippen LogP contribution in [0.15, 0.2) is 17.5 Å². The Morgan fingerprint density at radius 3 is 2.90 bits per heavy atom. The summed E-state index contributed by atoms with van der Waals surface area (Å²) in [6.07, 6.45) is 0. The van der Waals surface area contributed by atoms with E-state index in [1.54, 1.807) is 23.5 Å². The lowest BCUT2D eigenvalue weighted by Gasteiger charge is -2.10. The molecule has 0 saturated heterocycles. The third-order valence-corrected chi connectivity index (χ3v) is 4.93. The van der Waals surface area contributed by atoms with Crippen LogP contribution in [0.3, 0.4) is 0 Å². The molecule has 0 bridgehead atoms. The summed E-state index contributed by atoms with van der Waals surface area (Å²) in [6.45, 7) is 2.31. The lowest BCUT2D eigenvalue weighted by atomic mass is 10.2. The molecule has 1 aromatic heterocycles. The van der Waals surface area contributed by atoms with Crippen LogP contribution in [-0.4, -0.2) is 18.0 Å². The van der Waals surface area contributed by atoms with Crippen molar-refractivity contribution in [3.8, 4) is 5.75 Å². The van der Waals surface area contributed by atoms with Crippen molar-refractivity contribution in [2.75, 3.05) is 7.11 Å². The second-order valence-corrected chi connectivity index (χ2v) is 6.64. The minimum atomic E-state index is -0.231. The molecule has 2 rings (SSSR count). The van der Waals surface area contributed by atoms with Gasteiger partial charge in [-0.1, -0.05) is 11.6 Å². The van der Waals surface area contributed by atoms with Crippen molar-refractivity contribution < 1.29 is 9.53 Å². The van der Waals surface area contributed by atoms with Crippen LogP contribution in [0, 0.1) is 10.5 Å². The quantitative estimate of drug-likeness (QED) is 0.765. The van der Waals surface area contributed by atoms with Gasteiger partial charge in [0.1, 0.15) is 5.75 Å². The molecule has 0 unspecified atom stereocenters. The van der Waals surface area contributed by atoms with Crippen molar-refractivity contribution in [1.82, 2.24) is 10.3 Å². The largest absolute Gasteiger partial charge is 0.496 e. The van der Waals surface area contributed by atoms with Crippen LogP contribution in [0.25, 0.3) is 0 Å². The zero-order chi connectivity index (χ0) is 14.7. The van der Waals surface area contributed by atoms with Crippen molar-refractivity contribution in [3.63, 3.8) is 0 Å². The van der Waals surface area contributed by atoms with E-state index < -0.39 is 0 Å². The van der Waals surface area contributed by atoms with E-state index in [0.717, 1.165) is 14.3 Å². The zero-order valence-electron chi connectivity index (χ0n) is 10.9. The maximum atomic E-state index is 12.2. The number of thiazole rings is 1. The van der Waals surface area contributed by atoms with E-state index in [9.17, 15) is 4.79 Å². The number of halogens is 2. The third kappa shape index (κ3) is 3.62. The van der Waals surface area contributed by atoms with Crippen LogP contribution in [0.1, 0.15) is 21.1 Å². The minimum Gasteiger partial charge on any atom is -0.496 e. The second kappa shape index (κ2) is 6.73. The van der Waals surface area contributed by atoms with Gasteiger partial charge in [0.05, 0.1) is 34.9 Å². The van der Waals surface area contributed by atoms with E-state index in [0.29, 0.717) is 22.9 Å². The van der Waals surface area contributed by atoms with Gasteiger partial charge in [0, 0.05) is 8.95 Å². The monoisotopic (exact) mass is 422 g/mol. The molecule has 0 radical (unpaired) electrons. The highest BCUT2D eigenvalue weighted by Gasteiger charge is 2.15. The summed E-state index contributed by atoms with van der Waals surface area (Å²) in [4.78, 5) is 16.5. The number of aryl methyl sites for hydroxylation is 1. The Hall–Kier alpha value is -0.860. The number of aromatic nitrogens is 1. The van der Waals surface area contributed by atoms with Gasteiger partial charge in [-0.25, -0.2) is 4.98 Å². The molecule has 0 aliphatic rings. The number of carbonyl (C=O) groups is 1. The highest BCUT2D eigenvalue weighted by atomic mass is 127. The van der Waals surface area contributed by atoms with E-state index >= 15 is 0 Å². The summed E-state index contributed by atoms with van der Waals surface area (Å²) in [5.74, 6) is 0.275. The molecule has 20 heavy (non-hydrogen) atoms. The van der Waals surface area contributed by atoms with Gasteiger partial charge in [0.25, 0.3) is 5.91 Å².